The first-order chi connectivity index (χ1) is 7.13. The molecule has 1 aromatic heterocycles. The van der Waals surface area contributed by atoms with Crippen LogP contribution in [0.25, 0.3) is 0 Å². The molecule has 0 spiro atoms. The van der Waals surface area contributed by atoms with E-state index in [4.69, 9.17) is 4.74 Å². The maximum Gasteiger partial charge on any atom is 0.338 e. The van der Waals surface area contributed by atoms with Crippen LogP contribution in [-0.4, -0.2) is 17.1 Å². The van der Waals surface area contributed by atoms with E-state index in [1.54, 1.807) is 0 Å². The molecule has 1 unspecified atom stereocenters. The average Bonchev–Trinajstić information content (AvgIpc) is 2.18. The van der Waals surface area contributed by atoms with Crippen LogP contribution in [0.1, 0.15) is 37.0 Å². The van der Waals surface area contributed by atoms with Crippen molar-refractivity contribution in [2.75, 3.05) is 0 Å². The van der Waals surface area contributed by atoms with Crippen LogP contribution in [0, 0.1) is 5.95 Å². The van der Waals surface area contributed by atoms with E-state index >= 15 is 0 Å². The van der Waals surface area contributed by atoms with Crippen LogP contribution >= 0.6 is 0 Å². The number of nitrogens with zero attached hydrogens (tertiary/aromatic N) is 1. The van der Waals surface area contributed by atoms with Crippen molar-refractivity contribution in [1.82, 2.24) is 4.98 Å². The van der Waals surface area contributed by atoms with Gasteiger partial charge in [-0.2, -0.15) is 4.39 Å². The highest BCUT2D eigenvalue weighted by molar-refractivity contribution is 5.89. The molecule has 1 rings (SSSR count). The van der Waals surface area contributed by atoms with Crippen molar-refractivity contribution in [3.05, 3.63) is 29.8 Å². The third kappa shape index (κ3) is 3.65. The molecule has 0 aliphatic carbocycles. The number of carbonyl (C=O) groups excluding carboxylic acids is 1. The second-order valence-electron chi connectivity index (χ2n) is 3.37. The maximum atomic E-state index is 12.7. The maximum absolute atomic E-state index is 12.7. The number of rotatable bonds is 4. The van der Waals surface area contributed by atoms with Crippen LogP contribution in [0.2, 0.25) is 0 Å². The van der Waals surface area contributed by atoms with E-state index in [1.165, 1.54) is 12.3 Å². The van der Waals surface area contributed by atoms with Crippen LogP contribution in [0.5, 0.6) is 0 Å². The van der Waals surface area contributed by atoms with Crippen LogP contribution in [0.15, 0.2) is 18.3 Å². The highest BCUT2D eigenvalue weighted by Crippen LogP contribution is 2.07. The Morgan fingerprint density at radius 3 is 3.00 bits per heavy atom. The van der Waals surface area contributed by atoms with Gasteiger partial charge in [0.15, 0.2) is 0 Å². The number of carbonyl (C=O) groups is 1. The van der Waals surface area contributed by atoms with Crippen molar-refractivity contribution >= 4 is 5.97 Å². The van der Waals surface area contributed by atoms with Crippen molar-refractivity contribution in [2.24, 2.45) is 0 Å². The molecule has 0 bridgehead atoms. The molecule has 0 N–H and O–H groups in total. The number of esters is 1. The van der Waals surface area contributed by atoms with Gasteiger partial charge in [-0.05, 0) is 19.4 Å². The van der Waals surface area contributed by atoms with E-state index < -0.39 is 11.9 Å². The Balaban J connectivity index is 2.61. The molecule has 1 heterocycles. The predicted molar refractivity (Wildman–Crippen MR) is 54.0 cm³/mol. The lowest BCUT2D eigenvalue weighted by molar-refractivity contribution is 0.0322. The van der Waals surface area contributed by atoms with E-state index in [9.17, 15) is 9.18 Å². The molecule has 0 fully saturated rings. The Morgan fingerprint density at radius 2 is 2.40 bits per heavy atom. The number of hydrogen-bond acceptors (Lipinski definition) is 3. The molecule has 0 saturated heterocycles. The molecule has 1 atom stereocenters. The molecule has 4 heteroatoms. The lowest BCUT2D eigenvalue weighted by Gasteiger charge is -2.11. The minimum atomic E-state index is -0.674. The SMILES string of the molecule is CCCC(C)OC(=O)c1ccnc(F)c1. The Hall–Kier alpha value is -1.45. The van der Waals surface area contributed by atoms with E-state index in [0.29, 0.717) is 0 Å². The van der Waals surface area contributed by atoms with Crippen molar-refractivity contribution in [2.45, 2.75) is 32.8 Å². The number of ether oxygens (including phenoxy) is 1. The first-order valence-electron chi connectivity index (χ1n) is 4.96. The van der Waals surface area contributed by atoms with Crippen molar-refractivity contribution in [3.8, 4) is 0 Å². The molecule has 0 radical (unpaired) electrons. The molecule has 15 heavy (non-hydrogen) atoms. The molecule has 0 aliphatic heterocycles. The standard InChI is InChI=1S/C11H14FNO2/c1-3-4-8(2)15-11(14)9-5-6-13-10(12)7-9/h5-8H,3-4H2,1-2H3. The van der Waals surface area contributed by atoms with Crippen molar-refractivity contribution in [1.29, 1.82) is 0 Å². The Bertz CT molecular complexity index is 341. The summed E-state index contributed by atoms with van der Waals surface area (Å²) in [6, 6.07) is 2.51. The van der Waals surface area contributed by atoms with E-state index in [1.807, 2.05) is 13.8 Å². The zero-order valence-electron chi connectivity index (χ0n) is 8.87. The predicted octanol–water partition coefficient (Wildman–Crippen LogP) is 2.57. The molecule has 0 aromatic carbocycles. The molecule has 0 aliphatic rings. The molecule has 0 amide bonds. The van der Waals surface area contributed by atoms with E-state index in [2.05, 4.69) is 4.98 Å². The van der Waals surface area contributed by atoms with Gasteiger partial charge in [0, 0.05) is 12.3 Å². The fourth-order valence-electron chi connectivity index (χ4n) is 1.25. The van der Waals surface area contributed by atoms with Crippen molar-refractivity contribution in [3.63, 3.8) is 0 Å². The van der Waals surface area contributed by atoms with Gasteiger partial charge in [-0.15, -0.1) is 0 Å². The average molecular weight is 211 g/mol. The topological polar surface area (TPSA) is 39.2 Å². The second kappa shape index (κ2) is 5.44. The Kier molecular flexibility index (Phi) is 4.21. The Labute approximate surface area is 88.3 Å². The smallest absolute Gasteiger partial charge is 0.338 e. The summed E-state index contributed by atoms with van der Waals surface area (Å²) in [6.45, 7) is 3.83. The summed E-state index contributed by atoms with van der Waals surface area (Å²) >= 11 is 0. The van der Waals surface area contributed by atoms with E-state index in [0.717, 1.165) is 18.9 Å². The molecule has 3 nitrogen and oxygen atoms in total. The summed E-state index contributed by atoms with van der Waals surface area (Å²) in [5.41, 5.74) is 0.199. The highest BCUT2D eigenvalue weighted by atomic mass is 19.1. The molecule has 1 aromatic rings. The quantitative estimate of drug-likeness (QED) is 0.567. The largest absolute Gasteiger partial charge is 0.459 e. The summed E-state index contributed by atoms with van der Waals surface area (Å²) in [4.78, 5) is 14.8. The first-order valence-corrected chi connectivity index (χ1v) is 4.96. The van der Waals surface area contributed by atoms with Gasteiger partial charge in [0.2, 0.25) is 5.95 Å². The van der Waals surface area contributed by atoms with Crippen LogP contribution in [-0.2, 0) is 4.74 Å². The number of halogens is 1. The minimum absolute atomic E-state index is 0.140. The molecular formula is C11H14FNO2. The normalized spacial score (nSPS) is 12.2. The first kappa shape index (κ1) is 11.6. The Morgan fingerprint density at radius 1 is 1.67 bits per heavy atom. The van der Waals surface area contributed by atoms with Crippen molar-refractivity contribution < 1.29 is 13.9 Å². The summed E-state index contributed by atoms with van der Waals surface area (Å²) < 4.78 is 17.8. The van der Waals surface area contributed by atoms with Gasteiger partial charge in [0.1, 0.15) is 0 Å². The lowest BCUT2D eigenvalue weighted by Crippen LogP contribution is -2.15. The van der Waals surface area contributed by atoms with Gasteiger partial charge < -0.3 is 4.74 Å². The summed E-state index contributed by atoms with van der Waals surface area (Å²) in [5.74, 6) is -1.18. The fraction of sp³-hybridized carbons (Fsp3) is 0.455. The zero-order valence-corrected chi connectivity index (χ0v) is 8.87. The fourth-order valence-corrected chi connectivity index (χ4v) is 1.25. The van der Waals surface area contributed by atoms with Gasteiger partial charge >= 0.3 is 5.97 Å². The molecular weight excluding hydrogens is 197 g/mol. The minimum Gasteiger partial charge on any atom is -0.459 e. The highest BCUT2D eigenvalue weighted by Gasteiger charge is 2.11. The number of pyridine rings is 1. The number of aromatic nitrogens is 1. The van der Waals surface area contributed by atoms with Gasteiger partial charge in [0.05, 0.1) is 11.7 Å². The molecule has 0 saturated carbocycles. The zero-order chi connectivity index (χ0) is 11.3. The van der Waals surface area contributed by atoms with E-state index in [-0.39, 0.29) is 11.7 Å². The van der Waals surface area contributed by atoms with Gasteiger partial charge in [-0.3, -0.25) is 0 Å². The van der Waals surface area contributed by atoms with Gasteiger partial charge in [0.25, 0.3) is 0 Å². The monoisotopic (exact) mass is 211 g/mol. The third-order valence-corrected chi connectivity index (χ3v) is 1.97. The summed E-state index contributed by atoms with van der Waals surface area (Å²) in [6.07, 6.45) is 2.85. The summed E-state index contributed by atoms with van der Waals surface area (Å²) in [5, 5.41) is 0. The van der Waals surface area contributed by atoms with Crippen LogP contribution in [0.4, 0.5) is 4.39 Å². The van der Waals surface area contributed by atoms with Gasteiger partial charge in [-0.1, -0.05) is 13.3 Å². The third-order valence-electron chi connectivity index (χ3n) is 1.97. The number of hydrogen-bond donors (Lipinski definition) is 0. The summed E-state index contributed by atoms with van der Waals surface area (Å²) in [7, 11) is 0. The van der Waals surface area contributed by atoms with Crippen LogP contribution < -0.4 is 0 Å². The second-order valence-corrected chi connectivity index (χ2v) is 3.37. The van der Waals surface area contributed by atoms with Gasteiger partial charge in [-0.25, -0.2) is 9.78 Å². The lowest BCUT2D eigenvalue weighted by atomic mass is 10.2. The molecule has 82 valence electrons. The van der Waals surface area contributed by atoms with Crippen LogP contribution in [0.3, 0.4) is 0 Å².